The van der Waals surface area contributed by atoms with Crippen molar-refractivity contribution in [3.63, 3.8) is 0 Å². The quantitative estimate of drug-likeness (QED) is 0.736. The molecule has 1 rings (SSSR count). The van der Waals surface area contributed by atoms with Gasteiger partial charge in [-0.3, -0.25) is 4.79 Å². The maximum atomic E-state index is 10.5. The largest absolute Gasteiger partial charge is 0.481 e. The lowest BCUT2D eigenvalue weighted by Gasteiger charge is -2.10. The predicted molar refractivity (Wildman–Crippen MR) is 61.4 cm³/mol. The van der Waals surface area contributed by atoms with Crippen LogP contribution in [0.3, 0.4) is 0 Å². The van der Waals surface area contributed by atoms with E-state index < -0.39 is 5.97 Å². The molecule has 0 aliphatic carbocycles. The molecule has 0 aromatic carbocycles. The summed E-state index contributed by atoms with van der Waals surface area (Å²) in [4.78, 5) is 12.5. The van der Waals surface area contributed by atoms with E-state index in [9.17, 15) is 4.79 Å². The Morgan fingerprint density at radius 1 is 1.50 bits per heavy atom. The van der Waals surface area contributed by atoms with Gasteiger partial charge >= 0.3 is 5.97 Å². The topological polar surface area (TPSA) is 71.2 Å². The number of thioether (sulfide) groups is 1. The molecule has 1 aromatic rings. The Bertz CT molecular complexity index is 364. The van der Waals surface area contributed by atoms with Gasteiger partial charge in [0.25, 0.3) is 0 Å². The number of aliphatic carboxylic acids is 1. The molecule has 0 saturated carbocycles. The minimum absolute atomic E-state index is 0.0140. The summed E-state index contributed by atoms with van der Waals surface area (Å²) < 4.78 is 1.94. The molecular weight excluding hydrogens is 228 g/mol. The fraction of sp³-hybridized carbons (Fsp3) is 0.667. The molecule has 6 nitrogen and oxygen atoms in total. The lowest BCUT2D eigenvalue weighted by atomic mass is 10.5. The van der Waals surface area contributed by atoms with Crippen LogP contribution in [-0.4, -0.2) is 50.6 Å². The second-order valence-corrected chi connectivity index (χ2v) is 4.51. The molecule has 0 fully saturated rings. The third kappa shape index (κ3) is 3.49. The normalized spacial score (nSPS) is 11.0. The minimum Gasteiger partial charge on any atom is -0.481 e. The first-order valence-corrected chi connectivity index (χ1v) is 5.94. The summed E-state index contributed by atoms with van der Waals surface area (Å²) in [6.45, 7) is 3.44. The van der Waals surface area contributed by atoms with Crippen LogP contribution in [0.1, 0.15) is 12.7 Å². The van der Waals surface area contributed by atoms with E-state index in [-0.39, 0.29) is 5.75 Å². The maximum Gasteiger partial charge on any atom is 0.313 e. The van der Waals surface area contributed by atoms with Crippen LogP contribution in [0, 0.1) is 0 Å². The van der Waals surface area contributed by atoms with Crippen molar-refractivity contribution in [1.82, 2.24) is 19.7 Å². The number of rotatable bonds is 6. The zero-order valence-electron chi connectivity index (χ0n) is 9.67. The highest BCUT2D eigenvalue weighted by molar-refractivity contribution is 7.99. The predicted octanol–water partition coefficient (Wildman–Crippen LogP) is 0.536. The van der Waals surface area contributed by atoms with E-state index in [2.05, 4.69) is 10.2 Å². The van der Waals surface area contributed by atoms with Crippen LogP contribution >= 0.6 is 11.8 Å². The van der Waals surface area contributed by atoms with Crippen LogP contribution in [0.25, 0.3) is 0 Å². The Labute approximate surface area is 98.7 Å². The molecule has 0 bridgehead atoms. The highest BCUT2D eigenvalue weighted by Gasteiger charge is 2.12. The first kappa shape index (κ1) is 13.0. The Hall–Kier alpha value is -1.08. The van der Waals surface area contributed by atoms with Gasteiger partial charge in [0.15, 0.2) is 5.16 Å². The zero-order chi connectivity index (χ0) is 12.1. The number of carboxylic acid groups (broad SMARTS) is 1. The van der Waals surface area contributed by atoms with Crippen LogP contribution < -0.4 is 0 Å². The third-order valence-corrected chi connectivity index (χ3v) is 2.84. The van der Waals surface area contributed by atoms with Crippen molar-refractivity contribution in [3.8, 4) is 0 Å². The highest BCUT2D eigenvalue weighted by Crippen LogP contribution is 2.17. The molecule has 1 aromatic heterocycles. The molecule has 0 spiro atoms. The molecule has 0 radical (unpaired) electrons. The number of hydrogen-bond acceptors (Lipinski definition) is 5. The maximum absolute atomic E-state index is 10.5. The summed E-state index contributed by atoms with van der Waals surface area (Å²) in [6.07, 6.45) is 0. The van der Waals surface area contributed by atoms with Gasteiger partial charge in [0.2, 0.25) is 0 Å². The van der Waals surface area contributed by atoms with Gasteiger partial charge in [-0.1, -0.05) is 11.8 Å². The fourth-order valence-electron chi connectivity index (χ4n) is 1.27. The van der Waals surface area contributed by atoms with Crippen molar-refractivity contribution in [2.24, 2.45) is 0 Å². The van der Waals surface area contributed by atoms with Crippen LogP contribution in [0.4, 0.5) is 0 Å². The molecule has 0 aliphatic heterocycles. The average molecular weight is 244 g/mol. The standard InChI is InChI=1S/C9H16N4O2S/c1-4-13-7(5-12(2)3)10-11-9(13)16-6-8(14)15/h4-6H2,1-3H3,(H,14,15). The van der Waals surface area contributed by atoms with Crippen LogP contribution in [0.2, 0.25) is 0 Å². The number of aromatic nitrogens is 3. The first-order chi connectivity index (χ1) is 7.54. The molecule has 0 aliphatic rings. The molecule has 0 saturated heterocycles. The average Bonchev–Trinajstić information content (AvgIpc) is 2.56. The second-order valence-electron chi connectivity index (χ2n) is 3.56. The molecular formula is C9H16N4O2S. The summed E-state index contributed by atoms with van der Waals surface area (Å²) in [5, 5.41) is 17.3. The summed E-state index contributed by atoms with van der Waals surface area (Å²) in [6, 6.07) is 0. The summed E-state index contributed by atoms with van der Waals surface area (Å²) in [7, 11) is 3.91. The van der Waals surface area contributed by atoms with Gasteiger partial charge in [0, 0.05) is 6.54 Å². The first-order valence-electron chi connectivity index (χ1n) is 4.96. The Kier molecular flexibility index (Phi) is 4.75. The SMILES string of the molecule is CCn1c(CN(C)C)nnc1SCC(=O)O. The number of carbonyl (C=O) groups is 1. The molecule has 90 valence electrons. The van der Waals surface area contributed by atoms with Gasteiger partial charge in [0.05, 0.1) is 12.3 Å². The van der Waals surface area contributed by atoms with Gasteiger partial charge in [-0.25, -0.2) is 0 Å². The summed E-state index contributed by atoms with van der Waals surface area (Å²) in [5.74, 6) is 0.0327. The van der Waals surface area contributed by atoms with Gasteiger partial charge < -0.3 is 14.6 Å². The van der Waals surface area contributed by atoms with E-state index in [0.29, 0.717) is 11.7 Å². The van der Waals surface area contributed by atoms with Crippen molar-refractivity contribution in [2.75, 3.05) is 19.8 Å². The van der Waals surface area contributed by atoms with Crippen molar-refractivity contribution < 1.29 is 9.90 Å². The zero-order valence-corrected chi connectivity index (χ0v) is 10.5. The Balaban J connectivity index is 2.77. The van der Waals surface area contributed by atoms with Crippen molar-refractivity contribution in [3.05, 3.63) is 5.82 Å². The second kappa shape index (κ2) is 5.86. The monoisotopic (exact) mass is 244 g/mol. The number of carboxylic acids is 1. The van der Waals surface area contributed by atoms with Gasteiger partial charge in [-0.05, 0) is 21.0 Å². The summed E-state index contributed by atoms with van der Waals surface area (Å²) >= 11 is 1.20. The van der Waals surface area contributed by atoms with Crippen LogP contribution in [0.15, 0.2) is 5.16 Å². The lowest BCUT2D eigenvalue weighted by molar-refractivity contribution is -0.133. The molecule has 16 heavy (non-hydrogen) atoms. The number of hydrogen-bond donors (Lipinski definition) is 1. The van der Waals surface area contributed by atoms with Crippen LogP contribution in [0.5, 0.6) is 0 Å². The van der Waals surface area contributed by atoms with E-state index in [1.54, 1.807) is 0 Å². The minimum atomic E-state index is -0.843. The molecule has 1 N–H and O–H groups in total. The Morgan fingerprint density at radius 3 is 2.69 bits per heavy atom. The molecule has 7 heteroatoms. The highest BCUT2D eigenvalue weighted by atomic mass is 32.2. The van der Waals surface area contributed by atoms with Gasteiger partial charge in [-0.2, -0.15) is 0 Å². The van der Waals surface area contributed by atoms with E-state index in [0.717, 1.165) is 12.4 Å². The Morgan fingerprint density at radius 2 is 2.19 bits per heavy atom. The molecule has 0 atom stereocenters. The molecule has 0 amide bonds. The van der Waals surface area contributed by atoms with Gasteiger partial charge in [0.1, 0.15) is 5.82 Å². The van der Waals surface area contributed by atoms with Crippen molar-refractivity contribution in [1.29, 1.82) is 0 Å². The van der Waals surface area contributed by atoms with Crippen LogP contribution in [-0.2, 0) is 17.9 Å². The third-order valence-electron chi connectivity index (χ3n) is 1.89. The lowest BCUT2D eigenvalue weighted by Crippen LogP contribution is -2.15. The summed E-state index contributed by atoms with van der Waals surface area (Å²) in [5.41, 5.74) is 0. The van der Waals surface area contributed by atoms with E-state index in [1.807, 2.05) is 30.5 Å². The van der Waals surface area contributed by atoms with Crippen molar-refractivity contribution in [2.45, 2.75) is 25.2 Å². The number of nitrogens with zero attached hydrogens (tertiary/aromatic N) is 4. The van der Waals surface area contributed by atoms with E-state index >= 15 is 0 Å². The van der Waals surface area contributed by atoms with Gasteiger partial charge in [-0.15, -0.1) is 10.2 Å². The molecule has 0 unspecified atom stereocenters. The van der Waals surface area contributed by atoms with E-state index in [1.165, 1.54) is 11.8 Å². The van der Waals surface area contributed by atoms with E-state index in [4.69, 9.17) is 5.11 Å². The smallest absolute Gasteiger partial charge is 0.313 e. The molecule has 1 heterocycles. The van der Waals surface area contributed by atoms with Crippen molar-refractivity contribution >= 4 is 17.7 Å². The fourth-order valence-corrected chi connectivity index (χ4v) is 2.01.